The molecule has 190 valence electrons. The van der Waals surface area contributed by atoms with Gasteiger partial charge in [-0.15, -0.1) is 0 Å². The van der Waals surface area contributed by atoms with E-state index >= 15 is 0 Å². The quantitative estimate of drug-likeness (QED) is 0.229. The van der Waals surface area contributed by atoms with Crippen molar-refractivity contribution in [3.05, 3.63) is 114 Å². The molecule has 0 unspecified atom stereocenters. The Bertz CT molecular complexity index is 2360. The molecule has 0 fully saturated rings. The van der Waals surface area contributed by atoms with Gasteiger partial charge in [-0.2, -0.15) is 0 Å². The highest BCUT2D eigenvalue weighted by atomic mass is 16.3. The highest BCUT2D eigenvalue weighted by molar-refractivity contribution is 6.26. The van der Waals surface area contributed by atoms with Gasteiger partial charge in [0.2, 0.25) is 0 Å². The molecule has 0 saturated heterocycles. The van der Waals surface area contributed by atoms with E-state index < -0.39 is 0 Å². The lowest BCUT2D eigenvalue weighted by Crippen LogP contribution is -2.15. The van der Waals surface area contributed by atoms with Gasteiger partial charge in [0.1, 0.15) is 11.5 Å². The third-order valence-electron chi connectivity index (χ3n) is 9.25. The number of hydrogen-bond donors (Lipinski definition) is 2. The van der Waals surface area contributed by atoms with Crippen molar-refractivity contribution >= 4 is 48.9 Å². The number of aromatic hydroxyl groups is 2. The Kier molecular flexibility index (Phi) is 3.90. The molecular formula is C37H25NO2. The summed E-state index contributed by atoms with van der Waals surface area (Å²) in [6.45, 7) is 4.51. The number of fused-ring (bicyclic) bond motifs is 11. The monoisotopic (exact) mass is 515 g/mol. The average molecular weight is 516 g/mol. The normalized spacial score (nSPS) is 14.2. The predicted octanol–water partition coefficient (Wildman–Crippen LogP) is 9.37. The van der Waals surface area contributed by atoms with E-state index in [2.05, 4.69) is 91.0 Å². The van der Waals surface area contributed by atoms with E-state index in [1.165, 1.54) is 32.8 Å². The summed E-state index contributed by atoms with van der Waals surface area (Å²) in [5, 5.41) is 28.2. The maximum absolute atomic E-state index is 11.1. The maximum atomic E-state index is 11.1. The van der Waals surface area contributed by atoms with Gasteiger partial charge in [0.25, 0.3) is 0 Å². The van der Waals surface area contributed by atoms with Gasteiger partial charge in [-0.25, -0.2) is 0 Å². The largest absolute Gasteiger partial charge is 0.508 e. The summed E-state index contributed by atoms with van der Waals surface area (Å²) >= 11 is 0. The van der Waals surface area contributed by atoms with Crippen LogP contribution in [0.15, 0.2) is 103 Å². The molecule has 2 heterocycles. The van der Waals surface area contributed by atoms with Gasteiger partial charge in [0.15, 0.2) is 0 Å². The zero-order chi connectivity index (χ0) is 26.9. The van der Waals surface area contributed by atoms with Gasteiger partial charge >= 0.3 is 0 Å². The molecule has 3 nitrogen and oxygen atoms in total. The molecule has 0 saturated carbocycles. The summed E-state index contributed by atoms with van der Waals surface area (Å²) in [4.78, 5) is 0. The van der Waals surface area contributed by atoms with Crippen LogP contribution in [0.4, 0.5) is 0 Å². The zero-order valence-electron chi connectivity index (χ0n) is 22.2. The molecule has 0 bridgehead atoms. The van der Waals surface area contributed by atoms with Crippen LogP contribution in [-0.2, 0) is 5.41 Å². The van der Waals surface area contributed by atoms with Crippen LogP contribution in [0.1, 0.15) is 25.0 Å². The molecule has 8 aromatic rings. The van der Waals surface area contributed by atoms with E-state index in [4.69, 9.17) is 0 Å². The number of rotatable bonds is 1. The fourth-order valence-electron chi connectivity index (χ4n) is 7.49. The Hall–Kier alpha value is -5.02. The van der Waals surface area contributed by atoms with Crippen LogP contribution in [0.5, 0.6) is 11.5 Å². The van der Waals surface area contributed by atoms with Gasteiger partial charge in [0.05, 0.1) is 21.9 Å². The van der Waals surface area contributed by atoms with Crippen LogP contribution in [-0.4, -0.2) is 14.6 Å². The maximum Gasteiger partial charge on any atom is 0.125 e. The SMILES string of the molecule is CC1(C)c2cc(O)ccc2-c2ccc3cc4c5ccc(O)c6c7cc(-c8ccccc8)ccc7n(c4cc3c21)c56. The van der Waals surface area contributed by atoms with Crippen molar-refractivity contribution in [1.29, 1.82) is 0 Å². The summed E-state index contributed by atoms with van der Waals surface area (Å²) in [5.41, 5.74) is 10.2. The molecule has 0 spiro atoms. The van der Waals surface area contributed by atoms with E-state index in [1.54, 1.807) is 6.07 Å². The van der Waals surface area contributed by atoms with E-state index in [0.29, 0.717) is 11.5 Å². The van der Waals surface area contributed by atoms with Crippen molar-refractivity contribution in [2.75, 3.05) is 0 Å². The molecule has 1 aliphatic carbocycles. The lowest BCUT2D eigenvalue weighted by molar-refractivity contribution is 0.473. The Morgan fingerprint density at radius 1 is 0.600 bits per heavy atom. The smallest absolute Gasteiger partial charge is 0.125 e. The van der Waals surface area contributed by atoms with E-state index in [0.717, 1.165) is 49.4 Å². The number of aromatic nitrogens is 1. The van der Waals surface area contributed by atoms with Crippen LogP contribution >= 0.6 is 0 Å². The molecule has 2 N–H and O–H groups in total. The fraction of sp³-hybridized carbons (Fsp3) is 0.0811. The number of benzene rings is 6. The Balaban J connectivity index is 1.42. The van der Waals surface area contributed by atoms with Gasteiger partial charge in [-0.1, -0.05) is 68.4 Å². The summed E-state index contributed by atoms with van der Waals surface area (Å²) in [7, 11) is 0. The lowest BCUT2D eigenvalue weighted by atomic mass is 9.80. The van der Waals surface area contributed by atoms with Crippen molar-refractivity contribution in [2.24, 2.45) is 0 Å². The first-order chi connectivity index (χ1) is 19.4. The van der Waals surface area contributed by atoms with Crippen molar-refractivity contribution in [3.63, 3.8) is 0 Å². The molecule has 40 heavy (non-hydrogen) atoms. The van der Waals surface area contributed by atoms with E-state index in [1.807, 2.05) is 24.3 Å². The molecule has 0 radical (unpaired) electrons. The first kappa shape index (κ1) is 21.9. The van der Waals surface area contributed by atoms with E-state index in [-0.39, 0.29) is 5.41 Å². The molecule has 6 aromatic carbocycles. The van der Waals surface area contributed by atoms with Crippen molar-refractivity contribution in [2.45, 2.75) is 19.3 Å². The first-order valence-corrected chi connectivity index (χ1v) is 13.7. The third kappa shape index (κ3) is 2.55. The van der Waals surface area contributed by atoms with Crippen LogP contribution in [0.25, 0.3) is 71.1 Å². The summed E-state index contributed by atoms with van der Waals surface area (Å²) in [6.07, 6.45) is 0. The molecule has 3 heteroatoms. The molecule has 1 aliphatic rings. The molecule has 2 aromatic heterocycles. The molecular weight excluding hydrogens is 490 g/mol. The van der Waals surface area contributed by atoms with Crippen molar-refractivity contribution in [3.8, 4) is 33.8 Å². The molecule has 0 amide bonds. The molecule has 9 rings (SSSR count). The fourth-order valence-corrected chi connectivity index (χ4v) is 7.49. The summed E-state index contributed by atoms with van der Waals surface area (Å²) < 4.78 is 2.34. The third-order valence-corrected chi connectivity index (χ3v) is 9.25. The van der Waals surface area contributed by atoms with Gasteiger partial charge < -0.3 is 14.6 Å². The Morgan fingerprint density at radius 2 is 1.43 bits per heavy atom. The minimum atomic E-state index is -0.250. The second-order valence-corrected chi connectivity index (χ2v) is 11.7. The minimum Gasteiger partial charge on any atom is -0.508 e. The summed E-state index contributed by atoms with van der Waals surface area (Å²) in [5.74, 6) is 0.610. The number of nitrogens with zero attached hydrogens (tertiary/aromatic N) is 1. The second-order valence-electron chi connectivity index (χ2n) is 11.7. The van der Waals surface area contributed by atoms with Gasteiger partial charge in [-0.05, 0) is 92.7 Å². The standard InChI is InChI=1S/C37H25NO2/c1-37(2)30-18-23(39)10-12-24(30)25-11-8-22-17-28-26-13-15-33(40)34-29-16-21(20-6-4-3-5-7-20)9-14-31(29)38(36(26)34)32(28)19-27(22)35(25)37/h3-19,39-40H,1-2H3. The topological polar surface area (TPSA) is 44.9 Å². The highest BCUT2D eigenvalue weighted by Gasteiger charge is 2.37. The second kappa shape index (κ2) is 7.13. The first-order valence-electron chi connectivity index (χ1n) is 13.7. The minimum absolute atomic E-state index is 0.250. The zero-order valence-corrected chi connectivity index (χ0v) is 22.2. The Labute approximate surface area is 230 Å². The summed E-state index contributed by atoms with van der Waals surface area (Å²) in [6, 6.07) is 35.7. The average Bonchev–Trinajstić information content (AvgIpc) is 3.55. The predicted molar refractivity (Wildman–Crippen MR) is 165 cm³/mol. The Morgan fingerprint density at radius 3 is 2.27 bits per heavy atom. The van der Waals surface area contributed by atoms with Gasteiger partial charge in [0, 0.05) is 21.6 Å². The molecule has 0 atom stereocenters. The van der Waals surface area contributed by atoms with Crippen LogP contribution in [0, 0.1) is 0 Å². The van der Waals surface area contributed by atoms with Crippen molar-refractivity contribution in [1.82, 2.24) is 4.40 Å². The number of phenolic OH excluding ortho intramolecular Hbond substituents is 2. The van der Waals surface area contributed by atoms with Gasteiger partial charge in [-0.3, -0.25) is 0 Å². The van der Waals surface area contributed by atoms with Crippen molar-refractivity contribution < 1.29 is 10.2 Å². The molecule has 0 aliphatic heterocycles. The van der Waals surface area contributed by atoms with E-state index in [9.17, 15) is 10.2 Å². The number of phenols is 2. The van der Waals surface area contributed by atoms with Crippen LogP contribution in [0.3, 0.4) is 0 Å². The lowest BCUT2D eigenvalue weighted by Gasteiger charge is -2.23. The number of hydrogen-bond acceptors (Lipinski definition) is 2. The highest BCUT2D eigenvalue weighted by Crippen LogP contribution is 2.53. The van der Waals surface area contributed by atoms with Crippen LogP contribution < -0.4 is 0 Å². The van der Waals surface area contributed by atoms with Crippen LogP contribution in [0.2, 0.25) is 0 Å².